The normalized spacial score (nSPS) is 21.5. The van der Waals surface area contributed by atoms with Crippen LogP contribution in [0.4, 0.5) is 0 Å². The lowest BCUT2D eigenvalue weighted by Crippen LogP contribution is -2.51. The summed E-state index contributed by atoms with van der Waals surface area (Å²) >= 11 is 0. The van der Waals surface area contributed by atoms with Crippen LogP contribution in [-0.4, -0.2) is 50.8 Å². The summed E-state index contributed by atoms with van der Waals surface area (Å²) in [6.07, 6.45) is -0.522. The lowest BCUT2D eigenvalue weighted by Gasteiger charge is -2.23. The molecule has 0 aliphatic carbocycles. The Morgan fingerprint density at radius 3 is 2.75 bits per heavy atom. The van der Waals surface area contributed by atoms with Gasteiger partial charge < -0.3 is 20.1 Å². The van der Waals surface area contributed by atoms with Crippen LogP contribution in [0.2, 0.25) is 0 Å². The molecule has 1 fully saturated rings. The van der Waals surface area contributed by atoms with Gasteiger partial charge in [0.05, 0.1) is 13.7 Å². The van der Waals surface area contributed by atoms with E-state index in [0.29, 0.717) is 13.2 Å². The summed E-state index contributed by atoms with van der Waals surface area (Å²) in [5, 5.41) is 5.55. The molecule has 2 N–H and O–H groups in total. The van der Waals surface area contributed by atoms with Crippen LogP contribution in [0.25, 0.3) is 0 Å². The number of rotatable bonds is 3. The van der Waals surface area contributed by atoms with E-state index in [1.54, 1.807) is 6.92 Å². The zero-order valence-corrected chi connectivity index (χ0v) is 10.1. The number of nitrogens with one attached hydrogen (secondary N) is 2. The van der Waals surface area contributed by atoms with E-state index in [1.807, 2.05) is 0 Å². The Kier molecular flexibility index (Phi) is 7.03. The first kappa shape index (κ1) is 15.2. The van der Waals surface area contributed by atoms with Gasteiger partial charge in [-0.2, -0.15) is 0 Å². The number of hydrogen-bond donors (Lipinski definition) is 2. The minimum Gasteiger partial charge on any atom is -0.467 e. The van der Waals surface area contributed by atoms with Gasteiger partial charge in [-0.25, -0.2) is 4.79 Å². The summed E-state index contributed by atoms with van der Waals surface area (Å²) in [6, 6.07) is -0.645. The standard InChI is InChI=1S/C9H16N2O4.ClH/c1-6(9(13)14-2)11-8(12)7-5-10-3-4-15-7;/h6-7,10H,3-5H2,1-2H3,(H,11,12);1H/t6-,7?;/m0./s1. The van der Waals surface area contributed by atoms with Crippen LogP contribution >= 0.6 is 12.4 Å². The molecule has 0 aromatic heterocycles. The first-order valence-electron chi connectivity index (χ1n) is 4.85. The van der Waals surface area contributed by atoms with Gasteiger partial charge in [-0.05, 0) is 6.92 Å². The topological polar surface area (TPSA) is 76.7 Å². The molecule has 1 amide bonds. The first-order valence-corrected chi connectivity index (χ1v) is 4.85. The fourth-order valence-corrected chi connectivity index (χ4v) is 1.28. The highest BCUT2D eigenvalue weighted by atomic mass is 35.5. The van der Waals surface area contributed by atoms with E-state index in [0.717, 1.165) is 6.54 Å². The molecule has 1 rings (SSSR count). The minimum absolute atomic E-state index is 0. The average molecular weight is 253 g/mol. The van der Waals surface area contributed by atoms with Gasteiger partial charge in [0, 0.05) is 13.1 Å². The van der Waals surface area contributed by atoms with E-state index < -0.39 is 18.1 Å². The summed E-state index contributed by atoms with van der Waals surface area (Å²) in [6.45, 7) is 3.29. The third-order valence-electron chi connectivity index (χ3n) is 2.13. The van der Waals surface area contributed by atoms with Crippen LogP contribution in [0.15, 0.2) is 0 Å². The van der Waals surface area contributed by atoms with Gasteiger partial charge in [0.25, 0.3) is 5.91 Å². The molecule has 1 aliphatic heterocycles. The van der Waals surface area contributed by atoms with E-state index in [9.17, 15) is 9.59 Å². The summed E-state index contributed by atoms with van der Waals surface area (Å²) in [4.78, 5) is 22.6. The average Bonchev–Trinajstić information content (AvgIpc) is 2.29. The second kappa shape index (κ2) is 7.43. The van der Waals surface area contributed by atoms with Gasteiger partial charge in [0.1, 0.15) is 12.1 Å². The van der Waals surface area contributed by atoms with Crippen molar-refractivity contribution >= 4 is 24.3 Å². The van der Waals surface area contributed by atoms with Crippen LogP contribution < -0.4 is 10.6 Å². The van der Waals surface area contributed by atoms with Crippen LogP contribution in [0.5, 0.6) is 0 Å². The molecule has 1 heterocycles. The van der Waals surface area contributed by atoms with Gasteiger partial charge in [0.15, 0.2) is 0 Å². The maximum Gasteiger partial charge on any atom is 0.328 e. The van der Waals surface area contributed by atoms with Crippen molar-refractivity contribution in [3.05, 3.63) is 0 Å². The van der Waals surface area contributed by atoms with Crippen molar-refractivity contribution in [1.29, 1.82) is 0 Å². The molecule has 94 valence electrons. The molecule has 0 spiro atoms. The molecule has 1 unspecified atom stereocenters. The fraction of sp³-hybridized carbons (Fsp3) is 0.778. The summed E-state index contributed by atoms with van der Waals surface area (Å²) < 4.78 is 9.72. The van der Waals surface area contributed by atoms with Gasteiger partial charge in [-0.1, -0.05) is 0 Å². The zero-order valence-electron chi connectivity index (χ0n) is 9.32. The van der Waals surface area contributed by atoms with Crippen LogP contribution in [0.1, 0.15) is 6.92 Å². The van der Waals surface area contributed by atoms with Crippen LogP contribution in [-0.2, 0) is 19.1 Å². The minimum atomic E-state index is -0.645. The number of morpholine rings is 1. The number of carbonyl (C=O) groups excluding carboxylic acids is 2. The van der Waals surface area contributed by atoms with Crippen molar-refractivity contribution in [3.8, 4) is 0 Å². The van der Waals surface area contributed by atoms with Crippen LogP contribution in [0.3, 0.4) is 0 Å². The molecule has 2 atom stereocenters. The maximum absolute atomic E-state index is 11.5. The Labute approximate surface area is 100 Å². The molecule has 0 aromatic rings. The Hall–Kier alpha value is -0.850. The summed E-state index contributed by atoms with van der Waals surface area (Å²) in [5.41, 5.74) is 0. The predicted molar refractivity (Wildman–Crippen MR) is 59.5 cm³/mol. The van der Waals surface area contributed by atoms with E-state index >= 15 is 0 Å². The van der Waals surface area contributed by atoms with E-state index in [-0.39, 0.29) is 18.3 Å². The number of methoxy groups -OCH3 is 1. The molecular weight excluding hydrogens is 236 g/mol. The monoisotopic (exact) mass is 252 g/mol. The summed E-state index contributed by atoms with van der Waals surface area (Å²) in [5.74, 6) is -0.757. The number of amides is 1. The van der Waals surface area contributed by atoms with E-state index in [1.165, 1.54) is 7.11 Å². The second-order valence-electron chi connectivity index (χ2n) is 3.32. The van der Waals surface area contributed by atoms with E-state index in [4.69, 9.17) is 4.74 Å². The van der Waals surface area contributed by atoms with Crippen molar-refractivity contribution < 1.29 is 19.1 Å². The fourth-order valence-electron chi connectivity index (χ4n) is 1.28. The largest absolute Gasteiger partial charge is 0.467 e. The Morgan fingerprint density at radius 2 is 2.25 bits per heavy atom. The SMILES string of the molecule is COC(=O)[C@H](C)NC(=O)C1CNCCO1.Cl. The van der Waals surface area contributed by atoms with Crippen molar-refractivity contribution in [3.63, 3.8) is 0 Å². The lowest BCUT2D eigenvalue weighted by molar-refractivity contribution is -0.146. The highest BCUT2D eigenvalue weighted by Crippen LogP contribution is 1.97. The number of esters is 1. The quantitative estimate of drug-likeness (QED) is 0.635. The highest BCUT2D eigenvalue weighted by molar-refractivity contribution is 5.86. The Bertz CT molecular complexity index is 244. The van der Waals surface area contributed by atoms with Crippen molar-refractivity contribution in [2.75, 3.05) is 26.8 Å². The molecule has 0 saturated carbocycles. The third-order valence-corrected chi connectivity index (χ3v) is 2.13. The van der Waals surface area contributed by atoms with Gasteiger partial charge in [-0.3, -0.25) is 4.79 Å². The Balaban J connectivity index is 0.00000225. The number of halogens is 1. The molecule has 7 heteroatoms. The molecule has 16 heavy (non-hydrogen) atoms. The van der Waals surface area contributed by atoms with Gasteiger partial charge >= 0.3 is 5.97 Å². The van der Waals surface area contributed by atoms with Crippen LogP contribution in [0, 0.1) is 0 Å². The van der Waals surface area contributed by atoms with Gasteiger partial charge in [0.2, 0.25) is 0 Å². The number of hydrogen-bond acceptors (Lipinski definition) is 5. The smallest absolute Gasteiger partial charge is 0.328 e. The van der Waals surface area contributed by atoms with Crippen molar-refractivity contribution in [1.82, 2.24) is 10.6 Å². The van der Waals surface area contributed by atoms with E-state index in [2.05, 4.69) is 15.4 Å². The van der Waals surface area contributed by atoms with Crippen molar-refractivity contribution in [2.24, 2.45) is 0 Å². The molecule has 6 nitrogen and oxygen atoms in total. The Morgan fingerprint density at radius 1 is 1.56 bits per heavy atom. The van der Waals surface area contributed by atoms with Crippen molar-refractivity contribution in [2.45, 2.75) is 19.1 Å². The third kappa shape index (κ3) is 4.34. The molecule has 0 aromatic carbocycles. The molecule has 1 aliphatic rings. The first-order chi connectivity index (χ1) is 7.15. The number of ether oxygens (including phenoxy) is 2. The second-order valence-corrected chi connectivity index (χ2v) is 3.32. The molecule has 0 radical (unpaired) electrons. The maximum atomic E-state index is 11.5. The highest BCUT2D eigenvalue weighted by Gasteiger charge is 2.25. The number of carbonyl (C=O) groups is 2. The predicted octanol–water partition coefficient (Wildman–Crippen LogP) is -0.926. The molecule has 0 bridgehead atoms. The van der Waals surface area contributed by atoms with Gasteiger partial charge in [-0.15, -0.1) is 12.4 Å². The molecular formula is C9H17ClN2O4. The lowest BCUT2D eigenvalue weighted by atomic mass is 10.2. The zero-order chi connectivity index (χ0) is 11.3. The summed E-state index contributed by atoms with van der Waals surface area (Å²) in [7, 11) is 1.28. The molecule has 1 saturated heterocycles.